The predicted octanol–water partition coefficient (Wildman–Crippen LogP) is 0.924. The Hall–Kier alpha value is -1.26. The van der Waals surface area contributed by atoms with Crippen molar-refractivity contribution in [3.63, 3.8) is 0 Å². The third kappa shape index (κ3) is 3.11. The number of rotatable bonds is 5. The van der Waals surface area contributed by atoms with Crippen molar-refractivity contribution in [3.8, 4) is 11.5 Å². The highest BCUT2D eigenvalue weighted by Gasteiger charge is 2.12. The molecule has 1 aromatic carbocycles. The highest BCUT2D eigenvalue weighted by molar-refractivity contribution is 5.43. The molecule has 1 aromatic rings. The van der Waals surface area contributed by atoms with Crippen molar-refractivity contribution >= 4 is 0 Å². The van der Waals surface area contributed by atoms with Crippen LogP contribution < -0.4 is 20.9 Å². The largest absolute Gasteiger partial charge is 0.486 e. The summed E-state index contributed by atoms with van der Waals surface area (Å²) in [6.07, 6.45) is 2.00. The van der Waals surface area contributed by atoms with E-state index in [1.807, 2.05) is 6.07 Å². The van der Waals surface area contributed by atoms with Gasteiger partial charge >= 0.3 is 0 Å². The van der Waals surface area contributed by atoms with Gasteiger partial charge in [0.1, 0.15) is 13.2 Å². The first-order valence-corrected chi connectivity index (χ1v) is 6.12. The van der Waals surface area contributed by atoms with Gasteiger partial charge < -0.3 is 20.9 Å². The van der Waals surface area contributed by atoms with Gasteiger partial charge in [-0.05, 0) is 49.5 Å². The zero-order chi connectivity index (χ0) is 12.1. The van der Waals surface area contributed by atoms with E-state index in [-0.39, 0.29) is 0 Å². The number of hydrogen-bond donors (Lipinski definition) is 2. The van der Waals surface area contributed by atoms with Gasteiger partial charge in [-0.2, -0.15) is 0 Å². The maximum absolute atomic E-state index is 5.63. The van der Waals surface area contributed by atoms with Crippen LogP contribution in [-0.2, 0) is 6.42 Å². The Morgan fingerprint density at radius 3 is 2.47 bits per heavy atom. The van der Waals surface area contributed by atoms with E-state index in [1.165, 1.54) is 5.56 Å². The number of ether oxygens (including phenoxy) is 2. The molecule has 0 fully saturated rings. The Labute approximate surface area is 102 Å². The molecule has 1 aliphatic heterocycles. The molecule has 0 unspecified atom stereocenters. The molecule has 4 N–H and O–H groups in total. The molecule has 0 atom stereocenters. The Morgan fingerprint density at radius 1 is 1.06 bits per heavy atom. The molecule has 0 spiro atoms. The molecule has 0 aromatic heterocycles. The number of aryl methyl sites for hydroxylation is 1. The molecule has 0 radical (unpaired) electrons. The van der Waals surface area contributed by atoms with Crippen LogP contribution in [0, 0.1) is 5.92 Å². The second kappa shape index (κ2) is 5.89. The number of fused-ring (bicyclic) bond motifs is 1. The summed E-state index contributed by atoms with van der Waals surface area (Å²) in [7, 11) is 0. The first kappa shape index (κ1) is 12.2. The Kier molecular flexibility index (Phi) is 4.23. The van der Waals surface area contributed by atoms with Crippen molar-refractivity contribution in [2.24, 2.45) is 17.4 Å². The zero-order valence-corrected chi connectivity index (χ0v) is 10.0. The summed E-state index contributed by atoms with van der Waals surface area (Å²) in [4.78, 5) is 0. The molecule has 4 nitrogen and oxygen atoms in total. The standard InChI is InChI=1S/C13H20N2O2/c14-8-11(9-15)2-1-10-3-4-12-13(7-10)17-6-5-16-12/h3-4,7,11H,1-2,5-6,8-9,14-15H2. The minimum Gasteiger partial charge on any atom is -0.486 e. The molecule has 0 bridgehead atoms. The van der Waals surface area contributed by atoms with Crippen LogP contribution in [0.15, 0.2) is 18.2 Å². The van der Waals surface area contributed by atoms with E-state index < -0.39 is 0 Å². The molecule has 17 heavy (non-hydrogen) atoms. The molecule has 1 aliphatic rings. The molecule has 94 valence electrons. The van der Waals surface area contributed by atoms with Crippen LogP contribution in [0.4, 0.5) is 0 Å². The van der Waals surface area contributed by atoms with Crippen molar-refractivity contribution < 1.29 is 9.47 Å². The third-order valence-corrected chi connectivity index (χ3v) is 3.11. The van der Waals surface area contributed by atoms with Gasteiger partial charge in [-0.15, -0.1) is 0 Å². The van der Waals surface area contributed by atoms with Crippen LogP contribution in [0.5, 0.6) is 11.5 Å². The van der Waals surface area contributed by atoms with E-state index in [0.29, 0.717) is 32.2 Å². The lowest BCUT2D eigenvalue weighted by atomic mass is 9.99. The van der Waals surface area contributed by atoms with Crippen LogP contribution in [0.1, 0.15) is 12.0 Å². The van der Waals surface area contributed by atoms with Crippen LogP contribution in [-0.4, -0.2) is 26.3 Å². The predicted molar refractivity (Wildman–Crippen MR) is 67.4 cm³/mol. The van der Waals surface area contributed by atoms with Crippen LogP contribution >= 0.6 is 0 Å². The summed E-state index contributed by atoms with van der Waals surface area (Å²) in [6.45, 7) is 2.57. The molecule has 4 heteroatoms. The zero-order valence-electron chi connectivity index (χ0n) is 10.0. The van der Waals surface area contributed by atoms with Gasteiger partial charge in [-0.3, -0.25) is 0 Å². The molecule has 0 saturated heterocycles. The lowest BCUT2D eigenvalue weighted by Crippen LogP contribution is -2.23. The summed E-state index contributed by atoms with van der Waals surface area (Å²) >= 11 is 0. The molecular weight excluding hydrogens is 216 g/mol. The van der Waals surface area contributed by atoms with Crippen molar-refractivity contribution in [3.05, 3.63) is 23.8 Å². The van der Waals surface area contributed by atoms with Gasteiger partial charge in [0.15, 0.2) is 11.5 Å². The third-order valence-electron chi connectivity index (χ3n) is 3.11. The van der Waals surface area contributed by atoms with E-state index >= 15 is 0 Å². The first-order chi connectivity index (χ1) is 8.33. The average Bonchev–Trinajstić information content (AvgIpc) is 2.40. The summed E-state index contributed by atoms with van der Waals surface area (Å²) in [5, 5.41) is 0. The van der Waals surface area contributed by atoms with Crippen molar-refractivity contribution in [2.75, 3.05) is 26.3 Å². The van der Waals surface area contributed by atoms with Crippen LogP contribution in [0.3, 0.4) is 0 Å². The van der Waals surface area contributed by atoms with Crippen molar-refractivity contribution in [1.29, 1.82) is 0 Å². The van der Waals surface area contributed by atoms with Gasteiger partial charge in [-0.25, -0.2) is 0 Å². The topological polar surface area (TPSA) is 70.5 Å². The van der Waals surface area contributed by atoms with Gasteiger partial charge in [-0.1, -0.05) is 6.07 Å². The maximum atomic E-state index is 5.63. The smallest absolute Gasteiger partial charge is 0.161 e. The van der Waals surface area contributed by atoms with Gasteiger partial charge in [0.2, 0.25) is 0 Å². The van der Waals surface area contributed by atoms with E-state index in [1.54, 1.807) is 0 Å². The quantitative estimate of drug-likeness (QED) is 0.797. The van der Waals surface area contributed by atoms with Crippen molar-refractivity contribution in [2.45, 2.75) is 12.8 Å². The highest BCUT2D eigenvalue weighted by atomic mass is 16.6. The number of benzene rings is 1. The van der Waals surface area contributed by atoms with Gasteiger partial charge in [0.25, 0.3) is 0 Å². The lowest BCUT2D eigenvalue weighted by molar-refractivity contribution is 0.171. The second-order valence-corrected chi connectivity index (χ2v) is 4.35. The normalized spacial score (nSPS) is 14.1. The number of hydrogen-bond acceptors (Lipinski definition) is 4. The summed E-state index contributed by atoms with van der Waals surface area (Å²) in [6, 6.07) is 6.11. The molecule has 0 aliphatic carbocycles. The van der Waals surface area contributed by atoms with E-state index in [9.17, 15) is 0 Å². The Morgan fingerprint density at radius 2 is 1.76 bits per heavy atom. The fourth-order valence-corrected chi connectivity index (χ4v) is 1.95. The second-order valence-electron chi connectivity index (χ2n) is 4.35. The highest BCUT2D eigenvalue weighted by Crippen LogP contribution is 2.31. The van der Waals surface area contributed by atoms with E-state index in [0.717, 1.165) is 24.3 Å². The molecule has 2 rings (SSSR count). The lowest BCUT2D eigenvalue weighted by Gasteiger charge is -2.19. The molecule has 0 saturated carbocycles. The van der Waals surface area contributed by atoms with Crippen LogP contribution in [0.2, 0.25) is 0 Å². The fraction of sp³-hybridized carbons (Fsp3) is 0.538. The monoisotopic (exact) mass is 236 g/mol. The Balaban J connectivity index is 1.97. The van der Waals surface area contributed by atoms with Crippen molar-refractivity contribution in [1.82, 2.24) is 0 Å². The van der Waals surface area contributed by atoms with Gasteiger partial charge in [0, 0.05) is 0 Å². The summed E-state index contributed by atoms with van der Waals surface area (Å²) in [5.41, 5.74) is 12.5. The number of nitrogens with two attached hydrogens (primary N) is 2. The summed E-state index contributed by atoms with van der Waals surface area (Å²) in [5.74, 6) is 2.10. The fourth-order valence-electron chi connectivity index (χ4n) is 1.95. The van der Waals surface area contributed by atoms with Crippen LogP contribution in [0.25, 0.3) is 0 Å². The molecule has 1 heterocycles. The SMILES string of the molecule is NCC(CN)CCc1ccc2c(c1)OCCO2. The average molecular weight is 236 g/mol. The van der Waals surface area contributed by atoms with E-state index in [4.69, 9.17) is 20.9 Å². The molecule has 0 amide bonds. The van der Waals surface area contributed by atoms with E-state index in [2.05, 4.69) is 12.1 Å². The summed E-state index contributed by atoms with van der Waals surface area (Å²) < 4.78 is 11.0. The minimum atomic E-state index is 0.406. The molecular formula is C13H20N2O2. The minimum absolute atomic E-state index is 0.406. The maximum Gasteiger partial charge on any atom is 0.161 e. The Bertz CT molecular complexity index is 364. The first-order valence-electron chi connectivity index (χ1n) is 6.12. The van der Waals surface area contributed by atoms with Gasteiger partial charge in [0.05, 0.1) is 0 Å².